The van der Waals surface area contributed by atoms with Gasteiger partial charge in [-0.15, -0.1) is 24.8 Å². The standard InChI is InChI=1S/C15H22N4O2.2ClH/c16-8-14(20)18-10-15(21)17-9-12-6-7-19(11-12)13-4-2-1-3-5-13;;/h1-5,12H,6-11,16H2,(H,17,21)(H,18,20);2*1H. The first-order chi connectivity index (χ1) is 10.2. The molecule has 1 fully saturated rings. The van der Waals surface area contributed by atoms with Crippen LogP contribution in [0.3, 0.4) is 0 Å². The number of nitrogens with zero attached hydrogens (tertiary/aromatic N) is 1. The first-order valence-corrected chi connectivity index (χ1v) is 7.22. The van der Waals surface area contributed by atoms with Crippen molar-refractivity contribution < 1.29 is 9.59 Å². The average Bonchev–Trinajstić information content (AvgIpc) is 3.00. The number of halogens is 2. The summed E-state index contributed by atoms with van der Waals surface area (Å²) in [6.45, 7) is 2.49. The van der Waals surface area contributed by atoms with Gasteiger partial charge in [-0.3, -0.25) is 9.59 Å². The predicted molar refractivity (Wildman–Crippen MR) is 96.3 cm³/mol. The summed E-state index contributed by atoms with van der Waals surface area (Å²) in [5, 5.41) is 5.31. The number of anilines is 1. The maximum absolute atomic E-state index is 11.6. The minimum Gasteiger partial charge on any atom is -0.371 e. The Morgan fingerprint density at radius 1 is 1.13 bits per heavy atom. The lowest BCUT2D eigenvalue weighted by molar-refractivity contribution is -0.125. The molecule has 1 aromatic rings. The van der Waals surface area contributed by atoms with Crippen LogP contribution in [-0.4, -0.2) is 44.5 Å². The highest BCUT2D eigenvalue weighted by molar-refractivity contribution is 5.86. The number of nitrogens with two attached hydrogens (primary N) is 1. The van der Waals surface area contributed by atoms with Gasteiger partial charge in [0.2, 0.25) is 11.8 Å². The summed E-state index contributed by atoms with van der Waals surface area (Å²) in [4.78, 5) is 24.9. The number of hydrogen-bond acceptors (Lipinski definition) is 4. The van der Waals surface area contributed by atoms with E-state index in [1.165, 1.54) is 5.69 Å². The third kappa shape index (κ3) is 7.07. The van der Waals surface area contributed by atoms with Crippen molar-refractivity contribution in [2.24, 2.45) is 11.7 Å². The second-order valence-electron chi connectivity index (χ2n) is 5.22. The highest BCUT2D eigenvalue weighted by Crippen LogP contribution is 2.22. The van der Waals surface area contributed by atoms with Gasteiger partial charge in [0.1, 0.15) is 0 Å². The molecule has 2 amide bonds. The van der Waals surface area contributed by atoms with E-state index < -0.39 is 0 Å². The molecule has 1 aliphatic rings. The van der Waals surface area contributed by atoms with Crippen molar-refractivity contribution in [3.05, 3.63) is 30.3 Å². The number of hydrogen-bond donors (Lipinski definition) is 3. The van der Waals surface area contributed by atoms with Gasteiger partial charge in [0.05, 0.1) is 13.1 Å². The molecule has 0 aromatic heterocycles. The van der Waals surface area contributed by atoms with Gasteiger partial charge in [-0.25, -0.2) is 0 Å². The Labute approximate surface area is 149 Å². The van der Waals surface area contributed by atoms with Crippen LogP contribution in [0.5, 0.6) is 0 Å². The van der Waals surface area contributed by atoms with Crippen molar-refractivity contribution >= 4 is 42.3 Å². The molecule has 1 saturated heterocycles. The molecular weight excluding hydrogens is 339 g/mol. The lowest BCUT2D eigenvalue weighted by Crippen LogP contribution is -2.41. The van der Waals surface area contributed by atoms with Crippen LogP contribution in [0.15, 0.2) is 30.3 Å². The summed E-state index contributed by atoms with van der Waals surface area (Å²) in [5.41, 5.74) is 6.38. The minimum atomic E-state index is -0.318. The molecular formula is C15H24Cl2N4O2. The van der Waals surface area contributed by atoms with Gasteiger partial charge < -0.3 is 21.3 Å². The third-order valence-corrected chi connectivity index (χ3v) is 3.63. The fourth-order valence-electron chi connectivity index (χ4n) is 2.44. The van der Waals surface area contributed by atoms with Gasteiger partial charge in [-0.1, -0.05) is 18.2 Å². The minimum absolute atomic E-state index is 0. The van der Waals surface area contributed by atoms with Gasteiger partial charge in [0.15, 0.2) is 0 Å². The van der Waals surface area contributed by atoms with Crippen molar-refractivity contribution in [2.75, 3.05) is 37.6 Å². The van der Waals surface area contributed by atoms with E-state index in [2.05, 4.69) is 27.7 Å². The Morgan fingerprint density at radius 3 is 2.48 bits per heavy atom. The van der Waals surface area contributed by atoms with E-state index in [0.29, 0.717) is 12.5 Å². The highest BCUT2D eigenvalue weighted by Gasteiger charge is 2.22. The Balaban J connectivity index is 0.00000242. The summed E-state index contributed by atoms with van der Waals surface area (Å²) >= 11 is 0. The largest absolute Gasteiger partial charge is 0.371 e. The van der Waals surface area contributed by atoms with E-state index >= 15 is 0 Å². The number of benzene rings is 1. The lowest BCUT2D eigenvalue weighted by Gasteiger charge is -2.18. The maximum Gasteiger partial charge on any atom is 0.239 e. The predicted octanol–water partition coefficient (Wildman–Crippen LogP) is 0.548. The van der Waals surface area contributed by atoms with Crippen LogP contribution < -0.4 is 21.3 Å². The van der Waals surface area contributed by atoms with Crippen LogP contribution in [0, 0.1) is 5.92 Å². The Bertz CT molecular complexity index is 488. The molecule has 0 spiro atoms. The van der Waals surface area contributed by atoms with Gasteiger partial charge in [0.25, 0.3) is 0 Å². The molecule has 0 radical (unpaired) electrons. The van der Waals surface area contributed by atoms with Crippen LogP contribution in [0.2, 0.25) is 0 Å². The normalized spacial score (nSPS) is 16.0. The van der Waals surface area contributed by atoms with E-state index in [1.54, 1.807) is 0 Å². The van der Waals surface area contributed by atoms with E-state index in [4.69, 9.17) is 5.73 Å². The molecule has 130 valence electrons. The molecule has 1 aliphatic heterocycles. The third-order valence-electron chi connectivity index (χ3n) is 3.63. The molecule has 0 aliphatic carbocycles. The van der Waals surface area contributed by atoms with Crippen LogP contribution in [-0.2, 0) is 9.59 Å². The molecule has 6 nitrogen and oxygen atoms in total. The summed E-state index contributed by atoms with van der Waals surface area (Å²) in [6, 6.07) is 10.3. The van der Waals surface area contributed by atoms with Crippen molar-refractivity contribution in [2.45, 2.75) is 6.42 Å². The second kappa shape index (κ2) is 11.1. The molecule has 0 saturated carbocycles. The van der Waals surface area contributed by atoms with Crippen LogP contribution in [0.4, 0.5) is 5.69 Å². The van der Waals surface area contributed by atoms with E-state index in [9.17, 15) is 9.59 Å². The quantitative estimate of drug-likeness (QED) is 0.689. The van der Waals surface area contributed by atoms with Crippen LogP contribution in [0.25, 0.3) is 0 Å². The number of amides is 2. The summed E-state index contributed by atoms with van der Waals surface area (Å²) in [5.74, 6) is -0.0457. The first kappa shape index (κ1) is 21.5. The SMILES string of the molecule is Cl.Cl.NCC(=O)NCC(=O)NCC1CCN(c2ccccc2)C1. The van der Waals surface area contributed by atoms with Gasteiger partial charge in [-0.2, -0.15) is 0 Å². The molecule has 4 N–H and O–H groups in total. The second-order valence-corrected chi connectivity index (χ2v) is 5.22. The van der Waals surface area contributed by atoms with Crippen LogP contribution in [0.1, 0.15) is 6.42 Å². The van der Waals surface area contributed by atoms with Gasteiger partial charge >= 0.3 is 0 Å². The Morgan fingerprint density at radius 2 is 1.83 bits per heavy atom. The average molecular weight is 363 g/mol. The van der Waals surface area contributed by atoms with Gasteiger partial charge in [-0.05, 0) is 24.5 Å². The maximum atomic E-state index is 11.6. The van der Waals surface area contributed by atoms with E-state index in [1.807, 2.05) is 18.2 Å². The number of carbonyl (C=O) groups is 2. The Kier molecular flexibility index (Phi) is 10.4. The van der Waals surface area contributed by atoms with Crippen molar-refractivity contribution in [3.63, 3.8) is 0 Å². The number of rotatable bonds is 6. The highest BCUT2D eigenvalue weighted by atomic mass is 35.5. The number of nitrogens with one attached hydrogen (secondary N) is 2. The molecule has 0 bridgehead atoms. The molecule has 2 rings (SSSR count). The smallest absolute Gasteiger partial charge is 0.239 e. The zero-order chi connectivity index (χ0) is 15.1. The molecule has 1 heterocycles. The van der Waals surface area contributed by atoms with Crippen molar-refractivity contribution in [1.82, 2.24) is 10.6 Å². The van der Waals surface area contributed by atoms with Crippen LogP contribution >= 0.6 is 24.8 Å². The monoisotopic (exact) mass is 362 g/mol. The van der Waals surface area contributed by atoms with E-state index in [-0.39, 0.29) is 49.7 Å². The summed E-state index contributed by atoms with van der Waals surface area (Å²) < 4.78 is 0. The molecule has 1 aromatic carbocycles. The first-order valence-electron chi connectivity index (χ1n) is 7.22. The molecule has 1 atom stereocenters. The fraction of sp³-hybridized carbons (Fsp3) is 0.467. The Hall–Kier alpha value is -1.50. The molecule has 23 heavy (non-hydrogen) atoms. The zero-order valence-corrected chi connectivity index (χ0v) is 14.5. The zero-order valence-electron chi connectivity index (χ0n) is 12.9. The number of para-hydroxylation sites is 1. The molecule has 1 unspecified atom stereocenters. The van der Waals surface area contributed by atoms with E-state index in [0.717, 1.165) is 19.5 Å². The summed E-state index contributed by atoms with van der Waals surface area (Å²) in [6.07, 6.45) is 1.06. The number of carbonyl (C=O) groups excluding carboxylic acids is 2. The lowest BCUT2D eigenvalue weighted by atomic mass is 10.1. The van der Waals surface area contributed by atoms with Gasteiger partial charge in [0, 0.05) is 25.3 Å². The molecule has 8 heteroatoms. The van der Waals surface area contributed by atoms with Crippen molar-refractivity contribution in [3.8, 4) is 0 Å². The fourth-order valence-corrected chi connectivity index (χ4v) is 2.44. The summed E-state index contributed by atoms with van der Waals surface area (Å²) in [7, 11) is 0. The topological polar surface area (TPSA) is 87.5 Å². The van der Waals surface area contributed by atoms with Crippen molar-refractivity contribution in [1.29, 1.82) is 0 Å².